The maximum Gasteiger partial charge on any atom is 0.228 e. The van der Waals surface area contributed by atoms with Crippen molar-refractivity contribution in [2.45, 2.75) is 32.9 Å². The fourth-order valence-corrected chi connectivity index (χ4v) is 3.50. The van der Waals surface area contributed by atoms with Gasteiger partial charge in [0.15, 0.2) is 0 Å². The Balaban J connectivity index is 1.86. The summed E-state index contributed by atoms with van der Waals surface area (Å²) >= 11 is 0. The van der Waals surface area contributed by atoms with Crippen LogP contribution in [0.25, 0.3) is 6.08 Å². The van der Waals surface area contributed by atoms with Crippen LogP contribution in [0.2, 0.25) is 0 Å². The monoisotopic (exact) mass is 305 g/mol. The lowest BCUT2D eigenvalue weighted by Crippen LogP contribution is -2.60. The van der Waals surface area contributed by atoms with Gasteiger partial charge in [0.1, 0.15) is 0 Å². The van der Waals surface area contributed by atoms with Gasteiger partial charge in [0.05, 0.1) is 18.0 Å². The van der Waals surface area contributed by atoms with Crippen molar-refractivity contribution in [2.24, 2.45) is 5.92 Å². The molecule has 1 aliphatic rings. The first-order valence-electron chi connectivity index (χ1n) is 8.20. The van der Waals surface area contributed by atoms with Gasteiger partial charge in [0.25, 0.3) is 0 Å². The van der Waals surface area contributed by atoms with Crippen molar-refractivity contribution in [1.29, 1.82) is 0 Å². The van der Waals surface area contributed by atoms with Gasteiger partial charge in [-0.15, -0.1) is 0 Å². The molecule has 0 aliphatic carbocycles. The minimum atomic E-state index is 0.0566. The maximum absolute atomic E-state index is 12.4. The van der Waals surface area contributed by atoms with E-state index in [0.29, 0.717) is 0 Å². The SMILES string of the molecule is C/C(=C\c1ccccc1)[C@H]1[C@H](C)C(=O)N1[C@@H](C)c1ccccc1. The number of rotatable bonds is 4. The highest BCUT2D eigenvalue weighted by atomic mass is 16.2. The minimum Gasteiger partial charge on any atom is -0.328 e. The predicted molar refractivity (Wildman–Crippen MR) is 94.7 cm³/mol. The van der Waals surface area contributed by atoms with Crippen LogP contribution in [0.5, 0.6) is 0 Å². The van der Waals surface area contributed by atoms with E-state index < -0.39 is 0 Å². The van der Waals surface area contributed by atoms with Gasteiger partial charge in [-0.05, 0) is 30.5 Å². The lowest BCUT2D eigenvalue weighted by atomic mass is 9.81. The maximum atomic E-state index is 12.4. The normalized spacial score (nSPS) is 22.7. The molecule has 1 saturated heterocycles. The highest BCUT2D eigenvalue weighted by Gasteiger charge is 2.47. The van der Waals surface area contributed by atoms with Gasteiger partial charge >= 0.3 is 0 Å². The number of nitrogens with zero attached hydrogens (tertiary/aromatic N) is 1. The fourth-order valence-electron chi connectivity index (χ4n) is 3.50. The highest BCUT2D eigenvalue weighted by molar-refractivity contribution is 5.88. The quantitative estimate of drug-likeness (QED) is 0.750. The molecule has 1 amide bonds. The predicted octanol–water partition coefficient (Wildman–Crippen LogP) is 4.70. The molecule has 0 spiro atoms. The van der Waals surface area contributed by atoms with E-state index >= 15 is 0 Å². The van der Waals surface area contributed by atoms with Crippen LogP contribution >= 0.6 is 0 Å². The van der Waals surface area contributed by atoms with Crippen LogP contribution in [0.1, 0.15) is 37.9 Å². The van der Waals surface area contributed by atoms with Crippen LogP contribution < -0.4 is 0 Å². The van der Waals surface area contributed by atoms with Crippen molar-refractivity contribution in [1.82, 2.24) is 4.90 Å². The Bertz CT molecular complexity index is 705. The zero-order valence-electron chi connectivity index (χ0n) is 13.9. The van der Waals surface area contributed by atoms with Gasteiger partial charge < -0.3 is 4.90 Å². The third-order valence-corrected chi connectivity index (χ3v) is 4.78. The third kappa shape index (κ3) is 2.94. The summed E-state index contributed by atoms with van der Waals surface area (Å²) in [4.78, 5) is 14.5. The van der Waals surface area contributed by atoms with Crippen LogP contribution in [-0.2, 0) is 4.79 Å². The number of benzene rings is 2. The molecule has 3 rings (SSSR count). The Morgan fingerprint density at radius 2 is 1.61 bits per heavy atom. The number of hydrogen-bond donors (Lipinski definition) is 0. The second kappa shape index (κ2) is 6.41. The van der Waals surface area contributed by atoms with E-state index in [1.54, 1.807) is 0 Å². The number of amides is 1. The van der Waals surface area contributed by atoms with Gasteiger partial charge in [-0.2, -0.15) is 0 Å². The summed E-state index contributed by atoms with van der Waals surface area (Å²) in [6.45, 7) is 6.27. The van der Waals surface area contributed by atoms with Gasteiger partial charge in [-0.3, -0.25) is 4.79 Å². The van der Waals surface area contributed by atoms with Crippen LogP contribution in [-0.4, -0.2) is 16.8 Å². The minimum absolute atomic E-state index is 0.0566. The van der Waals surface area contributed by atoms with E-state index in [-0.39, 0.29) is 23.9 Å². The first-order valence-corrected chi connectivity index (χ1v) is 8.20. The van der Waals surface area contributed by atoms with Crippen LogP contribution in [0.4, 0.5) is 0 Å². The standard InChI is InChI=1S/C21H23NO/c1-15(14-18-10-6-4-7-11-18)20-16(2)21(23)22(20)17(3)19-12-8-5-9-13-19/h4-14,16-17,20H,1-3H3/b15-14+/t16-,17-,20-/m0/s1. The first-order chi connectivity index (χ1) is 11.1. The largest absolute Gasteiger partial charge is 0.328 e. The molecule has 3 atom stereocenters. The second-order valence-electron chi connectivity index (χ2n) is 6.36. The number of β-lactam (4-membered cyclic amide) rings is 1. The summed E-state index contributed by atoms with van der Waals surface area (Å²) in [7, 11) is 0. The van der Waals surface area contributed by atoms with E-state index in [4.69, 9.17) is 0 Å². The Morgan fingerprint density at radius 3 is 2.22 bits per heavy atom. The Hall–Kier alpha value is -2.35. The molecular weight excluding hydrogens is 282 g/mol. The topological polar surface area (TPSA) is 20.3 Å². The molecule has 0 bridgehead atoms. The zero-order chi connectivity index (χ0) is 16.4. The van der Waals surface area contributed by atoms with E-state index in [0.717, 1.165) is 0 Å². The highest BCUT2D eigenvalue weighted by Crippen LogP contribution is 2.39. The van der Waals surface area contributed by atoms with Crippen molar-refractivity contribution in [3.8, 4) is 0 Å². The summed E-state index contributed by atoms with van der Waals surface area (Å²) in [6, 6.07) is 20.8. The molecular formula is C21H23NO. The Labute approximate surface area is 138 Å². The molecule has 0 unspecified atom stereocenters. The van der Waals surface area contributed by atoms with Crippen molar-refractivity contribution in [2.75, 3.05) is 0 Å². The third-order valence-electron chi connectivity index (χ3n) is 4.78. The van der Waals surface area contributed by atoms with E-state index in [2.05, 4.69) is 44.2 Å². The average Bonchev–Trinajstić information content (AvgIpc) is 2.59. The molecule has 118 valence electrons. The summed E-state index contributed by atoms with van der Waals surface area (Å²) in [5.74, 6) is 0.299. The molecule has 2 aromatic rings. The molecule has 0 aromatic heterocycles. The molecule has 0 saturated carbocycles. The smallest absolute Gasteiger partial charge is 0.228 e. The molecule has 1 fully saturated rings. The summed E-state index contributed by atoms with van der Waals surface area (Å²) < 4.78 is 0. The fraction of sp³-hybridized carbons (Fsp3) is 0.286. The molecule has 2 aromatic carbocycles. The number of carbonyl (C=O) groups excluding carboxylic acids is 1. The number of carbonyl (C=O) groups is 1. The molecule has 0 radical (unpaired) electrons. The summed E-state index contributed by atoms with van der Waals surface area (Å²) in [5.41, 5.74) is 3.61. The van der Waals surface area contributed by atoms with Crippen molar-refractivity contribution in [3.63, 3.8) is 0 Å². The van der Waals surface area contributed by atoms with Crippen molar-refractivity contribution >= 4 is 12.0 Å². The molecule has 1 heterocycles. The zero-order valence-corrected chi connectivity index (χ0v) is 13.9. The van der Waals surface area contributed by atoms with Crippen molar-refractivity contribution in [3.05, 3.63) is 77.4 Å². The summed E-state index contributed by atoms with van der Waals surface area (Å²) in [6.07, 6.45) is 2.19. The van der Waals surface area contributed by atoms with Gasteiger partial charge in [0, 0.05) is 0 Å². The average molecular weight is 305 g/mol. The number of hydrogen-bond acceptors (Lipinski definition) is 1. The van der Waals surface area contributed by atoms with Gasteiger partial charge in [0.2, 0.25) is 5.91 Å². The first kappa shape index (κ1) is 15.5. The molecule has 23 heavy (non-hydrogen) atoms. The number of likely N-dealkylation sites (tertiary alicyclic amines) is 1. The van der Waals surface area contributed by atoms with E-state index in [1.807, 2.05) is 48.2 Å². The molecule has 1 aliphatic heterocycles. The van der Waals surface area contributed by atoms with Crippen LogP contribution in [0, 0.1) is 5.92 Å². The lowest BCUT2D eigenvalue weighted by molar-refractivity contribution is -0.156. The molecule has 0 N–H and O–H groups in total. The molecule has 2 nitrogen and oxygen atoms in total. The van der Waals surface area contributed by atoms with Gasteiger partial charge in [-0.25, -0.2) is 0 Å². The van der Waals surface area contributed by atoms with Crippen molar-refractivity contribution < 1.29 is 4.79 Å². The van der Waals surface area contributed by atoms with E-state index in [1.165, 1.54) is 16.7 Å². The lowest BCUT2D eigenvalue weighted by Gasteiger charge is -2.50. The van der Waals surface area contributed by atoms with Crippen LogP contribution in [0.3, 0.4) is 0 Å². The second-order valence-corrected chi connectivity index (χ2v) is 6.36. The van der Waals surface area contributed by atoms with E-state index in [9.17, 15) is 4.79 Å². The Kier molecular flexibility index (Phi) is 4.33. The Morgan fingerprint density at radius 1 is 1.04 bits per heavy atom. The van der Waals surface area contributed by atoms with Gasteiger partial charge in [-0.1, -0.05) is 73.7 Å². The summed E-state index contributed by atoms with van der Waals surface area (Å²) in [5, 5.41) is 0. The molecule has 2 heteroatoms. The van der Waals surface area contributed by atoms with Crippen LogP contribution in [0.15, 0.2) is 66.2 Å².